The minimum atomic E-state index is -1.43. The van der Waals surface area contributed by atoms with E-state index in [-0.39, 0.29) is 0 Å². The number of nitriles is 1. The van der Waals surface area contributed by atoms with Gasteiger partial charge in [0, 0.05) is 0 Å². The van der Waals surface area contributed by atoms with Crippen molar-refractivity contribution in [2.24, 2.45) is 5.92 Å². The molecule has 1 nitrogen and oxygen atoms in total. The summed E-state index contributed by atoms with van der Waals surface area (Å²) in [4.78, 5) is 0. The fraction of sp³-hybridized carbons (Fsp3) is 0.857. The molecule has 0 saturated heterocycles. The quantitative estimate of drug-likeness (QED) is 0.546. The van der Waals surface area contributed by atoms with E-state index in [4.69, 9.17) is 5.26 Å². The molecule has 0 amide bonds. The van der Waals surface area contributed by atoms with E-state index in [1.54, 1.807) is 0 Å². The van der Waals surface area contributed by atoms with Gasteiger partial charge in [-0.3, -0.25) is 0 Å². The summed E-state index contributed by atoms with van der Waals surface area (Å²) in [6.45, 7) is 8.58. The molecule has 0 bridgehead atoms. The van der Waals surface area contributed by atoms with Crippen molar-refractivity contribution in [2.75, 3.05) is 19.5 Å². The SMILES string of the molecule is CC(C)C[PH](C)(C)C#N. The van der Waals surface area contributed by atoms with Crippen LogP contribution in [0.25, 0.3) is 0 Å². The molecular formula is C7H16NP. The Hall–Kier alpha value is -0.0800. The fourth-order valence-electron chi connectivity index (χ4n) is 1.07. The molecule has 0 aliphatic heterocycles. The Kier molecular flexibility index (Phi) is 3.15. The second-order valence-electron chi connectivity index (χ2n) is 3.59. The van der Waals surface area contributed by atoms with Gasteiger partial charge in [-0.2, -0.15) is 0 Å². The summed E-state index contributed by atoms with van der Waals surface area (Å²) in [6, 6.07) is 0. The molecule has 0 aliphatic carbocycles. The normalized spacial score (nSPS) is 13.3. The third-order valence-corrected chi connectivity index (χ3v) is 3.66. The number of hydrogen-bond donors (Lipinski definition) is 0. The first kappa shape index (κ1) is 8.92. The predicted molar refractivity (Wildman–Crippen MR) is 45.5 cm³/mol. The molecule has 0 aliphatic rings. The Morgan fingerprint density at radius 2 is 1.89 bits per heavy atom. The zero-order chi connectivity index (χ0) is 7.49. The van der Waals surface area contributed by atoms with Crippen molar-refractivity contribution in [3.63, 3.8) is 0 Å². The molecule has 0 heterocycles. The summed E-state index contributed by atoms with van der Waals surface area (Å²) in [6.07, 6.45) is 1.13. The topological polar surface area (TPSA) is 23.8 Å². The Bertz CT molecular complexity index is 121. The predicted octanol–water partition coefficient (Wildman–Crippen LogP) is 2.13. The van der Waals surface area contributed by atoms with Crippen LogP contribution in [0.4, 0.5) is 0 Å². The molecule has 2 heteroatoms. The number of hydrogen-bond acceptors (Lipinski definition) is 1. The molecule has 0 rings (SSSR count). The van der Waals surface area contributed by atoms with E-state index in [1.807, 2.05) is 0 Å². The summed E-state index contributed by atoms with van der Waals surface area (Å²) in [5, 5.41) is 8.65. The number of nitrogens with zero attached hydrogens (tertiary/aromatic N) is 1. The molecule has 0 spiro atoms. The van der Waals surface area contributed by atoms with Crippen molar-refractivity contribution >= 4 is 7.26 Å². The first-order chi connectivity index (χ1) is 3.98. The van der Waals surface area contributed by atoms with Crippen LogP contribution in [0, 0.1) is 17.0 Å². The minimum absolute atomic E-state index is 0.686. The maximum atomic E-state index is 8.65. The van der Waals surface area contributed by atoms with E-state index in [0.29, 0.717) is 5.92 Å². The van der Waals surface area contributed by atoms with E-state index < -0.39 is 7.26 Å². The molecule has 0 aromatic heterocycles. The van der Waals surface area contributed by atoms with Gasteiger partial charge >= 0.3 is 57.6 Å². The third-order valence-electron chi connectivity index (χ3n) is 1.22. The van der Waals surface area contributed by atoms with Crippen LogP contribution >= 0.6 is 7.26 Å². The van der Waals surface area contributed by atoms with Gasteiger partial charge in [0.05, 0.1) is 0 Å². The first-order valence-electron chi connectivity index (χ1n) is 3.39. The van der Waals surface area contributed by atoms with Gasteiger partial charge in [-0.25, -0.2) is 0 Å². The standard InChI is InChI=1S/C7H16NP/c1-7(2)5-9(3,4)6-8/h7,9H,5H2,1-4H3. The molecule has 9 heavy (non-hydrogen) atoms. The van der Waals surface area contributed by atoms with Gasteiger partial charge in [0.1, 0.15) is 0 Å². The van der Waals surface area contributed by atoms with E-state index in [9.17, 15) is 0 Å². The van der Waals surface area contributed by atoms with Gasteiger partial charge in [-0.15, -0.1) is 0 Å². The molecule has 0 unspecified atom stereocenters. The summed E-state index contributed by atoms with van der Waals surface area (Å²) in [5.74, 6) is 3.10. The molecule has 0 atom stereocenters. The molecule has 0 fully saturated rings. The molecule has 0 saturated carbocycles. The Morgan fingerprint density at radius 1 is 1.44 bits per heavy atom. The van der Waals surface area contributed by atoms with E-state index in [1.165, 1.54) is 0 Å². The second-order valence-corrected chi connectivity index (χ2v) is 7.99. The number of rotatable bonds is 2. The van der Waals surface area contributed by atoms with Crippen molar-refractivity contribution in [1.29, 1.82) is 5.26 Å². The summed E-state index contributed by atoms with van der Waals surface area (Å²) in [7, 11) is -1.43. The molecule has 0 aromatic rings. The molecule has 0 aromatic carbocycles. The third kappa shape index (κ3) is 4.43. The Morgan fingerprint density at radius 3 is 2.00 bits per heavy atom. The zero-order valence-electron chi connectivity index (χ0n) is 6.73. The summed E-state index contributed by atoms with van der Waals surface area (Å²) >= 11 is 0. The van der Waals surface area contributed by atoms with Crippen LogP contribution in [0.5, 0.6) is 0 Å². The van der Waals surface area contributed by atoms with Crippen molar-refractivity contribution < 1.29 is 0 Å². The fourth-order valence-corrected chi connectivity index (χ4v) is 3.20. The van der Waals surface area contributed by atoms with Crippen LogP contribution in [-0.2, 0) is 0 Å². The first-order valence-corrected chi connectivity index (χ1v) is 6.60. The van der Waals surface area contributed by atoms with E-state index in [2.05, 4.69) is 33.0 Å². The van der Waals surface area contributed by atoms with Gasteiger partial charge in [0.25, 0.3) is 0 Å². The summed E-state index contributed by atoms with van der Waals surface area (Å²) < 4.78 is 0. The maximum absolute atomic E-state index is 8.65. The van der Waals surface area contributed by atoms with Crippen molar-refractivity contribution in [2.45, 2.75) is 13.8 Å². The molecule has 0 N–H and O–H groups in total. The monoisotopic (exact) mass is 145 g/mol. The van der Waals surface area contributed by atoms with Gasteiger partial charge in [-0.1, -0.05) is 0 Å². The average Bonchev–Trinajstić information content (AvgIpc) is 1.63. The zero-order valence-corrected chi connectivity index (χ0v) is 7.73. The van der Waals surface area contributed by atoms with Gasteiger partial charge in [-0.05, 0) is 0 Å². The average molecular weight is 145 g/mol. The second kappa shape index (κ2) is 3.18. The Labute approximate surface area is 58.4 Å². The van der Waals surface area contributed by atoms with Gasteiger partial charge in [0.15, 0.2) is 0 Å². The summed E-state index contributed by atoms with van der Waals surface area (Å²) in [5.41, 5.74) is 0. The van der Waals surface area contributed by atoms with Crippen LogP contribution in [-0.4, -0.2) is 19.5 Å². The molecular weight excluding hydrogens is 129 g/mol. The van der Waals surface area contributed by atoms with Crippen LogP contribution in [0.2, 0.25) is 0 Å². The van der Waals surface area contributed by atoms with Crippen LogP contribution in [0.1, 0.15) is 13.8 Å². The van der Waals surface area contributed by atoms with Gasteiger partial charge in [0.2, 0.25) is 0 Å². The van der Waals surface area contributed by atoms with Crippen molar-refractivity contribution in [3.05, 3.63) is 0 Å². The van der Waals surface area contributed by atoms with Gasteiger partial charge < -0.3 is 0 Å². The van der Waals surface area contributed by atoms with Crippen molar-refractivity contribution in [1.82, 2.24) is 0 Å². The molecule has 54 valence electrons. The Balaban J connectivity index is 3.76. The van der Waals surface area contributed by atoms with Crippen LogP contribution in [0.15, 0.2) is 0 Å². The van der Waals surface area contributed by atoms with Crippen LogP contribution < -0.4 is 0 Å². The van der Waals surface area contributed by atoms with E-state index >= 15 is 0 Å². The van der Waals surface area contributed by atoms with Crippen LogP contribution in [0.3, 0.4) is 0 Å². The van der Waals surface area contributed by atoms with E-state index in [0.717, 1.165) is 6.16 Å². The van der Waals surface area contributed by atoms with Crippen molar-refractivity contribution in [3.8, 4) is 5.81 Å². The molecule has 0 radical (unpaired) electrons.